The van der Waals surface area contributed by atoms with Crippen molar-refractivity contribution in [2.75, 3.05) is 33.0 Å². The molecule has 0 aliphatic carbocycles. The van der Waals surface area contributed by atoms with Gasteiger partial charge in [-0.05, 0) is 0 Å². The van der Waals surface area contributed by atoms with E-state index in [9.17, 15) is 86.8 Å². The quantitative estimate of drug-likeness (QED) is 0.0819. The van der Waals surface area contributed by atoms with Crippen LogP contribution in [-0.2, 0) is 42.6 Å². The average Bonchev–Trinajstić information content (AvgIpc) is 3.19. The van der Waals surface area contributed by atoms with Crippen molar-refractivity contribution in [3.8, 4) is 0 Å². The highest BCUT2D eigenvalue weighted by atomic mass is 16.8. The standard InChI is InChI=1S/C30H52O26/c31-1-6-11(36)12(37)18(43)27(49-6)54-23-8(3-33)51-29(20(45)14(23)39)56-25-10(5-35)52-30(21(46)16(25)41)55-24-9(4-34)50-28(19(44)15(24)40)53-22-7(2-32)48-26(47)17(42)13(22)38/h6-47H,1-5H2/t6-,7-,8-,9-,10-,11-,12+,13-,14-,15-,16-,17-,18-,19-,20-,21-,22-,23-,24-,25?,26+,27-,28-,29-,30-/m1/s1. The zero-order valence-corrected chi connectivity index (χ0v) is 29.2. The van der Waals surface area contributed by atoms with Crippen molar-refractivity contribution in [3.63, 3.8) is 0 Å². The molecule has 5 fully saturated rings. The average molecular weight is 829 g/mol. The molecule has 17 N–H and O–H groups in total. The lowest BCUT2D eigenvalue weighted by Crippen LogP contribution is -2.68. The second-order valence-electron chi connectivity index (χ2n) is 13.9. The van der Waals surface area contributed by atoms with E-state index < -0.39 is 187 Å². The number of hydrogen-bond acceptors (Lipinski definition) is 26. The van der Waals surface area contributed by atoms with E-state index in [1.807, 2.05) is 0 Å². The summed E-state index contributed by atoms with van der Waals surface area (Å²) in [7, 11) is 0. The molecule has 5 heterocycles. The van der Waals surface area contributed by atoms with Gasteiger partial charge in [0.15, 0.2) is 31.5 Å². The van der Waals surface area contributed by atoms with E-state index >= 15 is 0 Å². The summed E-state index contributed by atoms with van der Waals surface area (Å²) in [6.07, 6.45) is -45.8. The van der Waals surface area contributed by atoms with E-state index in [0.717, 1.165) is 0 Å². The van der Waals surface area contributed by atoms with E-state index in [1.165, 1.54) is 0 Å². The summed E-state index contributed by atoms with van der Waals surface area (Å²) in [5.41, 5.74) is 0. The Labute approximate surface area is 316 Å². The van der Waals surface area contributed by atoms with Crippen molar-refractivity contribution in [2.45, 2.75) is 154 Å². The van der Waals surface area contributed by atoms with Gasteiger partial charge in [-0.15, -0.1) is 0 Å². The largest absolute Gasteiger partial charge is 0.394 e. The summed E-state index contributed by atoms with van der Waals surface area (Å²) >= 11 is 0. The van der Waals surface area contributed by atoms with Crippen molar-refractivity contribution in [1.29, 1.82) is 0 Å². The van der Waals surface area contributed by atoms with Gasteiger partial charge >= 0.3 is 0 Å². The number of aliphatic hydroxyl groups is 17. The van der Waals surface area contributed by atoms with Crippen LogP contribution in [-0.4, -0.2) is 273 Å². The van der Waals surface area contributed by atoms with E-state index in [4.69, 9.17) is 42.6 Å². The summed E-state index contributed by atoms with van der Waals surface area (Å²) in [6.45, 7) is -4.51. The maximum atomic E-state index is 11.1. The molecule has 328 valence electrons. The minimum absolute atomic E-state index is 0.811. The van der Waals surface area contributed by atoms with Gasteiger partial charge in [-0.2, -0.15) is 0 Å². The fraction of sp³-hybridized carbons (Fsp3) is 1.00. The molecule has 5 saturated heterocycles. The van der Waals surface area contributed by atoms with Gasteiger partial charge < -0.3 is 129 Å². The van der Waals surface area contributed by atoms with Crippen molar-refractivity contribution in [2.24, 2.45) is 0 Å². The lowest BCUT2D eigenvalue weighted by atomic mass is 9.95. The van der Waals surface area contributed by atoms with Crippen molar-refractivity contribution >= 4 is 0 Å². The Morgan fingerprint density at radius 3 is 0.821 bits per heavy atom. The molecule has 0 spiro atoms. The Balaban J connectivity index is 1.22. The summed E-state index contributed by atoms with van der Waals surface area (Å²) in [4.78, 5) is 0. The smallest absolute Gasteiger partial charge is 0.187 e. The first-order valence-electron chi connectivity index (χ1n) is 17.6. The molecular weight excluding hydrogens is 776 g/mol. The summed E-state index contributed by atoms with van der Waals surface area (Å²) in [6, 6.07) is 0. The first kappa shape index (κ1) is 46.0. The summed E-state index contributed by atoms with van der Waals surface area (Å²) < 4.78 is 49.1. The lowest BCUT2D eigenvalue weighted by molar-refractivity contribution is -0.392. The Morgan fingerprint density at radius 1 is 0.268 bits per heavy atom. The molecule has 5 aliphatic rings. The molecule has 0 aromatic carbocycles. The molecule has 5 aliphatic heterocycles. The maximum absolute atomic E-state index is 11.1. The molecule has 1 unspecified atom stereocenters. The Kier molecular flexibility index (Phi) is 16.1. The van der Waals surface area contributed by atoms with Gasteiger partial charge in [-0.1, -0.05) is 0 Å². The topological polar surface area (TPSA) is 427 Å². The van der Waals surface area contributed by atoms with Gasteiger partial charge in [0.2, 0.25) is 0 Å². The summed E-state index contributed by atoms with van der Waals surface area (Å²) in [5.74, 6) is 0. The Morgan fingerprint density at radius 2 is 0.518 bits per heavy atom. The highest BCUT2D eigenvalue weighted by Crippen LogP contribution is 2.35. The van der Waals surface area contributed by atoms with Crippen LogP contribution in [0.2, 0.25) is 0 Å². The van der Waals surface area contributed by atoms with Crippen LogP contribution in [0, 0.1) is 0 Å². The Bertz CT molecular complexity index is 1200. The molecule has 0 bridgehead atoms. The molecule has 25 atom stereocenters. The zero-order chi connectivity index (χ0) is 41.3. The SMILES string of the molecule is OC[C@H]1O[C@H](O[C@H]2[C@H](O)[C@@H](O)[C@@H](O[C@H]3[C@H](O)[C@@H](O)[C@@H](O)O[C@@H]3CO)O[C@@H]2CO)[C@H](O)[C@@H](O)C1O[C@H]1O[C@H](CO)[C@@H](O[C@H]2O[C@H](CO)[C@@H](O)[C@H](O)[C@H]2O)[C@H](O)[C@H]1O. The zero-order valence-electron chi connectivity index (χ0n) is 29.2. The van der Waals surface area contributed by atoms with Crippen LogP contribution in [0.4, 0.5) is 0 Å². The van der Waals surface area contributed by atoms with Crippen LogP contribution in [0.1, 0.15) is 0 Å². The molecule has 26 heteroatoms. The van der Waals surface area contributed by atoms with Crippen LogP contribution < -0.4 is 0 Å². The van der Waals surface area contributed by atoms with Crippen LogP contribution in [0.15, 0.2) is 0 Å². The van der Waals surface area contributed by atoms with E-state index in [0.29, 0.717) is 0 Å². The second-order valence-corrected chi connectivity index (χ2v) is 13.9. The molecule has 5 rings (SSSR count). The highest BCUT2D eigenvalue weighted by Gasteiger charge is 2.56. The van der Waals surface area contributed by atoms with E-state index in [1.54, 1.807) is 0 Å². The normalized spacial score (nSPS) is 53.2. The fourth-order valence-electron chi connectivity index (χ4n) is 7.03. The van der Waals surface area contributed by atoms with Crippen molar-refractivity contribution in [1.82, 2.24) is 0 Å². The Hall–Kier alpha value is -1.04. The molecule has 0 amide bonds. The predicted octanol–water partition coefficient (Wildman–Crippen LogP) is -11.9. The first-order valence-corrected chi connectivity index (χ1v) is 17.6. The van der Waals surface area contributed by atoms with Gasteiger partial charge in [0, 0.05) is 0 Å². The molecule has 26 nitrogen and oxygen atoms in total. The third-order valence-corrected chi connectivity index (χ3v) is 10.3. The minimum Gasteiger partial charge on any atom is -0.394 e. The van der Waals surface area contributed by atoms with E-state index in [2.05, 4.69) is 0 Å². The summed E-state index contributed by atoms with van der Waals surface area (Å²) in [5, 5.41) is 176. The first-order chi connectivity index (χ1) is 26.5. The van der Waals surface area contributed by atoms with Crippen molar-refractivity contribution < 1.29 is 129 Å². The highest BCUT2D eigenvalue weighted by molar-refractivity contribution is 4.99. The lowest BCUT2D eigenvalue weighted by Gasteiger charge is -2.49. The molecule has 0 aromatic rings. The maximum Gasteiger partial charge on any atom is 0.187 e. The molecule has 0 aromatic heterocycles. The van der Waals surface area contributed by atoms with Crippen LogP contribution >= 0.6 is 0 Å². The van der Waals surface area contributed by atoms with Crippen LogP contribution in [0.5, 0.6) is 0 Å². The monoisotopic (exact) mass is 828 g/mol. The number of aliphatic hydroxyl groups excluding tert-OH is 17. The molecule has 0 saturated carbocycles. The number of hydrogen-bond donors (Lipinski definition) is 17. The minimum atomic E-state index is -2.12. The van der Waals surface area contributed by atoms with Crippen LogP contribution in [0.25, 0.3) is 0 Å². The molecule has 56 heavy (non-hydrogen) atoms. The van der Waals surface area contributed by atoms with E-state index in [-0.39, 0.29) is 0 Å². The second kappa shape index (κ2) is 19.6. The van der Waals surface area contributed by atoms with Gasteiger partial charge in [0.1, 0.15) is 122 Å². The predicted molar refractivity (Wildman–Crippen MR) is 167 cm³/mol. The van der Waals surface area contributed by atoms with Crippen molar-refractivity contribution in [3.05, 3.63) is 0 Å². The number of rotatable bonds is 13. The van der Waals surface area contributed by atoms with Gasteiger partial charge in [0.05, 0.1) is 33.0 Å². The van der Waals surface area contributed by atoms with Gasteiger partial charge in [-0.25, -0.2) is 0 Å². The molecular formula is C30H52O26. The number of ether oxygens (including phenoxy) is 9. The van der Waals surface area contributed by atoms with Gasteiger partial charge in [-0.3, -0.25) is 0 Å². The third-order valence-electron chi connectivity index (χ3n) is 10.3. The van der Waals surface area contributed by atoms with Gasteiger partial charge in [0.25, 0.3) is 0 Å². The third kappa shape index (κ3) is 9.16. The fourth-order valence-corrected chi connectivity index (χ4v) is 7.03. The van der Waals surface area contributed by atoms with Crippen LogP contribution in [0.3, 0.4) is 0 Å². The molecule has 0 radical (unpaired) electrons.